The molecule has 3 aromatic rings. The Morgan fingerprint density at radius 2 is 1.09 bits per heavy atom. The highest BCUT2D eigenvalue weighted by atomic mass is 14.8. The molecule has 2 N–H and O–H groups in total. The number of nitrogens with zero attached hydrogens (tertiary/aromatic N) is 2. The van der Waals surface area contributed by atoms with E-state index in [4.69, 9.17) is 9.97 Å². The molecule has 0 aliphatic carbocycles. The van der Waals surface area contributed by atoms with Gasteiger partial charge < -0.3 is 9.97 Å². The Balaban J connectivity index is 2.03. The largest absolute Gasteiger partial charge is 0.355 e. The molecule has 4 nitrogen and oxygen atoms in total. The van der Waals surface area contributed by atoms with Gasteiger partial charge >= 0.3 is 0 Å². The molecule has 4 heteroatoms. The van der Waals surface area contributed by atoms with Gasteiger partial charge in [-0.05, 0) is 119 Å². The van der Waals surface area contributed by atoms with Gasteiger partial charge in [-0.15, -0.1) is 0 Å². The summed E-state index contributed by atoms with van der Waals surface area (Å²) in [6.45, 7) is 17.4. The smallest absolute Gasteiger partial charge is 0.0720 e. The van der Waals surface area contributed by atoms with Crippen molar-refractivity contribution in [1.82, 2.24) is 19.9 Å². The average Bonchev–Trinajstić information content (AvgIpc) is 3.48. The van der Waals surface area contributed by atoms with Crippen LogP contribution in [0.4, 0.5) is 0 Å². The van der Waals surface area contributed by atoms with Crippen molar-refractivity contribution in [1.29, 1.82) is 0 Å². The van der Waals surface area contributed by atoms with Crippen LogP contribution in [0.3, 0.4) is 0 Å². The number of nitrogens with one attached hydrogen (secondary N) is 2. The lowest BCUT2D eigenvalue weighted by atomic mass is 10.00. The summed E-state index contributed by atoms with van der Waals surface area (Å²) in [5, 5.41) is 0. The molecule has 0 atom stereocenters. The summed E-state index contributed by atoms with van der Waals surface area (Å²) in [4.78, 5) is 17.4. The summed E-state index contributed by atoms with van der Waals surface area (Å²) in [5.41, 5.74) is 18.3. The molecular formula is C28H30N4. The minimum Gasteiger partial charge on any atom is -0.355 e. The normalized spacial score (nSPS) is 14.0. The van der Waals surface area contributed by atoms with Crippen LogP contribution < -0.4 is 0 Å². The van der Waals surface area contributed by atoms with Crippen molar-refractivity contribution >= 4 is 44.4 Å². The standard InChI is InChI=1S/C28H30N4/c1-13-15(3)25-19(7)27-17(5)18(6)28(32-27)20(8)26-16(4)14(2)24(31-26)12-22-10-9-21(29-22)11-23(13)30-25/h9-12,29-30H,1-8H3. The molecule has 0 saturated carbocycles. The van der Waals surface area contributed by atoms with Gasteiger partial charge in [0.2, 0.25) is 0 Å². The fourth-order valence-electron chi connectivity index (χ4n) is 4.89. The van der Waals surface area contributed by atoms with Gasteiger partial charge in [0.25, 0.3) is 0 Å². The lowest BCUT2D eigenvalue weighted by molar-refractivity contribution is 1.18. The van der Waals surface area contributed by atoms with E-state index in [1.54, 1.807) is 0 Å². The van der Waals surface area contributed by atoms with Crippen molar-refractivity contribution in [3.8, 4) is 0 Å². The highest BCUT2D eigenvalue weighted by molar-refractivity contribution is 5.96. The van der Waals surface area contributed by atoms with Crippen LogP contribution in [0.5, 0.6) is 0 Å². The van der Waals surface area contributed by atoms with Gasteiger partial charge in [-0.3, -0.25) is 0 Å². The van der Waals surface area contributed by atoms with Crippen LogP contribution in [0.2, 0.25) is 0 Å². The van der Waals surface area contributed by atoms with E-state index in [1.807, 2.05) is 0 Å². The predicted molar refractivity (Wildman–Crippen MR) is 136 cm³/mol. The number of hydrogen-bond donors (Lipinski definition) is 2. The molecule has 5 rings (SSSR count). The average molecular weight is 423 g/mol. The van der Waals surface area contributed by atoms with E-state index in [9.17, 15) is 0 Å². The maximum absolute atomic E-state index is 5.16. The number of aromatic amines is 2. The molecule has 2 aliphatic rings. The molecule has 8 bridgehead atoms. The second-order valence-corrected chi connectivity index (χ2v) is 9.23. The van der Waals surface area contributed by atoms with Crippen molar-refractivity contribution in [2.75, 3.05) is 0 Å². The van der Waals surface area contributed by atoms with E-state index >= 15 is 0 Å². The van der Waals surface area contributed by atoms with Gasteiger partial charge in [-0.25, -0.2) is 9.97 Å². The summed E-state index contributed by atoms with van der Waals surface area (Å²) >= 11 is 0. The van der Waals surface area contributed by atoms with Crippen LogP contribution in [0.15, 0.2) is 24.3 Å². The first-order valence-electron chi connectivity index (χ1n) is 11.2. The Morgan fingerprint density at radius 1 is 0.531 bits per heavy atom. The number of allylic oxidation sites excluding steroid dienone is 4. The van der Waals surface area contributed by atoms with Crippen LogP contribution in [0, 0.1) is 27.7 Å². The lowest BCUT2D eigenvalue weighted by Crippen LogP contribution is -1.91. The summed E-state index contributed by atoms with van der Waals surface area (Å²) in [7, 11) is 0. The van der Waals surface area contributed by atoms with Gasteiger partial charge in [0.1, 0.15) is 0 Å². The molecule has 0 spiro atoms. The lowest BCUT2D eigenvalue weighted by Gasteiger charge is -2.03. The highest BCUT2D eigenvalue weighted by Crippen LogP contribution is 2.37. The first-order chi connectivity index (χ1) is 15.2. The quantitative estimate of drug-likeness (QED) is 0.395. The third kappa shape index (κ3) is 2.89. The second-order valence-electron chi connectivity index (χ2n) is 9.23. The Hall–Kier alpha value is -3.40. The second kappa shape index (κ2) is 7.06. The minimum atomic E-state index is 1.01. The molecule has 0 radical (unpaired) electrons. The molecule has 162 valence electrons. The van der Waals surface area contributed by atoms with E-state index in [-0.39, 0.29) is 0 Å². The van der Waals surface area contributed by atoms with Gasteiger partial charge in [-0.2, -0.15) is 0 Å². The third-order valence-corrected chi connectivity index (χ3v) is 7.40. The number of rotatable bonds is 0. The molecule has 5 heterocycles. The van der Waals surface area contributed by atoms with E-state index in [0.717, 1.165) is 50.4 Å². The van der Waals surface area contributed by atoms with Crippen LogP contribution in [-0.2, 0) is 0 Å². The van der Waals surface area contributed by atoms with E-state index in [1.165, 1.54) is 39.0 Å². The first kappa shape index (κ1) is 20.5. The summed E-state index contributed by atoms with van der Waals surface area (Å²) < 4.78 is 0. The van der Waals surface area contributed by atoms with Gasteiger partial charge in [0.05, 0.1) is 22.8 Å². The molecule has 0 fully saturated rings. The molecule has 0 aromatic carbocycles. The zero-order valence-electron chi connectivity index (χ0n) is 20.2. The molecule has 32 heavy (non-hydrogen) atoms. The van der Waals surface area contributed by atoms with Crippen LogP contribution in [0.25, 0.3) is 44.4 Å². The topological polar surface area (TPSA) is 57.4 Å². The van der Waals surface area contributed by atoms with Crippen molar-refractivity contribution in [3.05, 3.63) is 69.3 Å². The Morgan fingerprint density at radius 3 is 1.78 bits per heavy atom. The first-order valence-corrected chi connectivity index (χ1v) is 11.2. The monoisotopic (exact) mass is 422 g/mol. The number of aromatic nitrogens is 4. The van der Waals surface area contributed by atoms with Crippen molar-refractivity contribution < 1.29 is 0 Å². The molecular weight excluding hydrogens is 392 g/mol. The van der Waals surface area contributed by atoms with Crippen molar-refractivity contribution in [2.24, 2.45) is 0 Å². The summed E-state index contributed by atoms with van der Waals surface area (Å²) in [6, 6.07) is 8.56. The van der Waals surface area contributed by atoms with Gasteiger partial charge in [0, 0.05) is 27.6 Å². The molecule has 0 amide bonds. The fourth-order valence-corrected chi connectivity index (χ4v) is 4.89. The van der Waals surface area contributed by atoms with E-state index in [0.29, 0.717) is 0 Å². The third-order valence-electron chi connectivity index (χ3n) is 7.40. The number of hydrogen-bond acceptors (Lipinski definition) is 2. The summed E-state index contributed by atoms with van der Waals surface area (Å²) in [6.07, 6.45) is 0. The number of aryl methyl sites for hydroxylation is 3. The van der Waals surface area contributed by atoms with Crippen LogP contribution in [0.1, 0.15) is 72.7 Å². The molecule has 0 unspecified atom stereocenters. The van der Waals surface area contributed by atoms with Crippen molar-refractivity contribution in [3.63, 3.8) is 0 Å². The molecule has 3 aromatic heterocycles. The van der Waals surface area contributed by atoms with Crippen molar-refractivity contribution in [2.45, 2.75) is 55.4 Å². The summed E-state index contributed by atoms with van der Waals surface area (Å²) in [5.74, 6) is 0. The maximum atomic E-state index is 5.16. The minimum absolute atomic E-state index is 1.01. The fraction of sp³-hybridized carbons (Fsp3) is 0.286. The van der Waals surface area contributed by atoms with Crippen LogP contribution >= 0.6 is 0 Å². The van der Waals surface area contributed by atoms with Gasteiger partial charge in [-0.1, -0.05) is 0 Å². The maximum Gasteiger partial charge on any atom is 0.0720 e. The molecule has 2 aliphatic heterocycles. The molecule has 0 saturated heterocycles. The number of fused-ring (bicyclic) bond motifs is 8. The highest BCUT2D eigenvalue weighted by Gasteiger charge is 2.22. The van der Waals surface area contributed by atoms with Gasteiger partial charge in [0.15, 0.2) is 0 Å². The zero-order valence-corrected chi connectivity index (χ0v) is 20.2. The Bertz CT molecular complexity index is 1540. The van der Waals surface area contributed by atoms with E-state index in [2.05, 4.69) is 89.6 Å². The number of H-pyrrole nitrogens is 2. The Labute approximate surface area is 189 Å². The van der Waals surface area contributed by atoms with E-state index < -0.39 is 0 Å². The Kier molecular flexibility index (Phi) is 4.52. The SMILES string of the molecule is CC1=C(C)c2nc1cc1ccc(cc3[nH]c(c(C)c4nc(c2C)C(C)=C4C)c(C)c3C)[nH]1. The predicted octanol–water partition coefficient (Wildman–Crippen LogP) is 7.45. The van der Waals surface area contributed by atoms with Crippen LogP contribution in [-0.4, -0.2) is 19.9 Å². The zero-order chi connectivity index (χ0) is 22.9.